The van der Waals surface area contributed by atoms with Crippen LogP contribution in [0.2, 0.25) is 0 Å². The molecule has 4 nitrogen and oxygen atoms in total. The minimum atomic E-state index is 0.645. The first-order chi connectivity index (χ1) is 28.3. The van der Waals surface area contributed by atoms with Gasteiger partial charge in [-0.15, -0.1) is 0 Å². The second-order valence-electron chi connectivity index (χ2n) is 14.4. The largest absolute Gasteiger partial charge is 0.309 e. The standard InChI is InChI=1S/C53H34N4/c1-3-14-38(15-4-1)51-54-52(39-16-5-2-6-17-39)56-53(55-51)40-25-23-36(24-26-40)42-33-34-43(46-20-10-9-19-45(42)46)37-27-30-41(31-28-37)57-49-22-12-11-21-47(49)48-32-29-35-13-7-8-18-44(35)50(48)57/h1-34H. The Morgan fingerprint density at radius 1 is 0.281 bits per heavy atom. The van der Waals surface area contributed by atoms with Crippen molar-refractivity contribution in [1.82, 2.24) is 19.5 Å². The van der Waals surface area contributed by atoms with Crippen LogP contribution in [0.25, 0.3) is 105 Å². The van der Waals surface area contributed by atoms with E-state index in [1.165, 1.54) is 60.0 Å². The summed E-state index contributed by atoms with van der Waals surface area (Å²) in [4.78, 5) is 14.7. The molecule has 9 aromatic carbocycles. The van der Waals surface area contributed by atoms with Crippen molar-refractivity contribution in [1.29, 1.82) is 0 Å². The van der Waals surface area contributed by atoms with Gasteiger partial charge in [-0.05, 0) is 56.6 Å². The molecule has 0 saturated carbocycles. The van der Waals surface area contributed by atoms with E-state index in [2.05, 4.69) is 150 Å². The maximum Gasteiger partial charge on any atom is 0.164 e. The van der Waals surface area contributed by atoms with Gasteiger partial charge in [-0.3, -0.25) is 0 Å². The predicted molar refractivity (Wildman–Crippen MR) is 236 cm³/mol. The minimum absolute atomic E-state index is 0.645. The highest BCUT2D eigenvalue weighted by Gasteiger charge is 2.17. The molecule has 0 fully saturated rings. The summed E-state index contributed by atoms with van der Waals surface area (Å²) in [5, 5.41) is 7.45. The first-order valence-electron chi connectivity index (χ1n) is 19.3. The highest BCUT2D eigenvalue weighted by Crippen LogP contribution is 2.39. The fourth-order valence-corrected chi connectivity index (χ4v) is 8.33. The van der Waals surface area contributed by atoms with Crippen LogP contribution in [0, 0.1) is 0 Å². The number of aromatic nitrogens is 4. The Bertz CT molecular complexity index is 3200. The fraction of sp³-hybridized carbons (Fsp3) is 0. The van der Waals surface area contributed by atoms with Gasteiger partial charge >= 0.3 is 0 Å². The molecule has 0 atom stereocenters. The van der Waals surface area contributed by atoms with Gasteiger partial charge in [0.15, 0.2) is 17.5 Å². The minimum Gasteiger partial charge on any atom is -0.309 e. The van der Waals surface area contributed by atoms with E-state index in [4.69, 9.17) is 15.0 Å². The zero-order chi connectivity index (χ0) is 37.7. The summed E-state index contributed by atoms with van der Waals surface area (Å²) in [5.41, 5.74) is 11.1. The molecule has 0 aliphatic carbocycles. The molecule has 0 bridgehead atoms. The Kier molecular flexibility index (Phi) is 7.78. The molecule has 0 saturated heterocycles. The van der Waals surface area contributed by atoms with Gasteiger partial charge in [-0.25, -0.2) is 15.0 Å². The third-order valence-electron chi connectivity index (χ3n) is 11.1. The summed E-state index contributed by atoms with van der Waals surface area (Å²) < 4.78 is 2.42. The van der Waals surface area contributed by atoms with Crippen molar-refractivity contribution in [3.8, 4) is 62.1 Å². The first-order valence-corrected chi connectivity index (χ1v) is 19.3. The number of fused-ring (bicyclic) bond motifs is 6. The summed E-state index contributed by atoms with van der Waals surface area (Å²) in [6.45, 7) is 0. The van der Waals surface area contributed by atoms with Gasteiger partial charge < -0.3 is 4.57 Å². The van der Waals surface area contributed by atoms with E-state index in [0.29, 0.717) is 17.5 Å². The second-order valence-corrected chi connectivity index (χ2v) is 14.4. The lowest BCUT2D eigenvalue weighted by Crippen LogP contribution is -2.00. The smallest absolute Gasteiger partial charge is 0.164 e. The van der Waals surface area contributed by atoms with Gasteiger partial charge in [0.1, 0.15) is 0 Å². The lowest BCUT2D eigenvalue weighted by molar-refractivity contribution is 1.07. The topological polar surface area (TPSA) is 43.6 Å². The van der Waals surface area contributed by atoms with Crippen molar-refractivity contribution < 1.29 is 0 Å². The van der Waals surface area contributed by atoms with Gasteiger partial charge in [0.05, 0.1) is 11.0 Å². The van der Waals surface area contributed by atoms with Crippen molar-refractivity contribution in [2.75, 3.05) is 0 Å². The van der Waals surface area contributed by atoms with Crippen molar-refractivity contribution in [2.24, 2.45) is 0 Å². The maximum absolute atomic E-state index is 4.94. The molecule has 2 heterocycles. The molecule has 0 aliphatic heterocycles. The predicted octanol–water partition coefficient (Wildman–Crippen LogP) is 13.6. The van der Waals surface area contributed by atoms with E-state index in [0.717, 1.165) is 27.9 Å². The van der Waals surface area contributed by atoms with E-state index >= 15 is 0 Å². The fourth-order valence-electron chi connectivity index (χ4n) is 8.33. The Morgan fingerprint density at radius 2 is 0.719 bits per heavy atom. The lowest BCUT2D eigenvalue weighted by atomic mass is 9.92. The monoisotopic (exact) mass is 726 g/mol. The summed E-state index contributed by atoms with van der Waals surface area (Å²) in [5.74, 6) is 1.95. The Morgan fingerprint density at radius 3 is 1.30 bits per heavy atom. The molecule has 0 aliphatic rings. The number of nitrogens with zero attached hydrogens (tertiary/aromatic N) is 4. The van der Waals surface area contributed by atoms with Crippen LogP contribution < -0.4 is 0 Å². The van der Waals surface area contributed by atoms with Crippen LogP contribution in [0.3, 0.4) is 0 Å². The first kappa shape index (κ1) is 32.7. The van der Waals surface area contributed by atoms with E-state index in [1.807, 2.05) is 60.7 Å². The third kappa shape index (κ3) is 5.66. The highest BCUT2D eigenvalue weighted by molar-refractivity contribution is 6.18. The van der Waals surface area contributed by atoms with Crippen LogP contribution in [0.5, 0.6) is 0 Å². The van der Waals surface area contributed by atoms with Crippen LogP contribution in [0.4, 0.5) is 0 Å². The van der Waals surface area contributed by atoms with E-state index in [9.17, 15) is 0 Å². The van der Waals surface area contributed by atoms with Gasteiger partial charge in [0.25, 0.3) is 0 Å². The molecule has 4 heteroatoms. The van der Waals surface area contributed by atoms with Gasteiger partial charge in [0, 0.05) is 38.5 Å². The lowest BCUT2D eigenvalue weighted by Gasteiger charge is -2.14. The SMILES string of the molecule is c1ccc(-c2nc(-c3ccccc3)nc(-c3ccc(-c4ccc(-c5ccc(-n6c7ccccc7c7ccc8ccccc8c76)cc5)c5ccccc45)cc3)n2)cc1. The van der Waals surface area contributed by atoms with Crippen molar-refractivity contribution in [2.45, 2.75) is 0 Å². The molecule has 0 amide bonds. The summed E-state index contributed by atoms with van der Waals surface area (Å²) in [6, 6.07) is 73.0. The molecule has 0 unspecified atom stereocenters. The zero-order valence-corrected chi connectivity index (χ0v) is 30.9. The van der Waals surface area contributed by atoms with E-state index < -0.39 is 0 Å². The Labute approximate surface area is 330 Å². The molecule has 2 aromatic heterocycles. The summed E-state index contributed by atoms with van der Waals surface area (Å²) in [7, 11) is 0. The van der Waals surface area contributed by atoms with Crippen LogP contribution in [-0.4, -0.2) is 19.5 Å². The molecule has 11 rings (SSSR count). The highest BCUT2D eigenvalue weighted by atomic mass is 15.0. The second kappa shape index (κ2) is 13.6. The van der Waals surface area contributed by atoms with Crippen LogP contribution >= 0.6 is 0 Å². The number of para-hydroxylation sites is 1. The van der Waals surface area contributed by atoms with Crippen molar-refractivity contribution in [3.05, 3.63) is 206 Å². The number of hydrogen-bond donors (Lipinski definition) is 0. The number of rotatable bonds is 6. The molecular weight excluding hydrogens is 693 g/mol. The molecule has 11 aromatic rings. The molecule has 0 radical (unpaired) electrons. The van der Waals surface area contributed by atoms with Gasteiger partial charge in [0.2, 0.25) is 0 Å². The molecule has 266 valence electrons. The summed E-state index contributed by atoms with van der Waals surface area (Å²) >= 11 is 0. The van der Waals surface area contributed by atoms with E-state index in [1.54, 1.807) is 0 Å². The molecule has 0 spiro atoms. The van der Waals surface area contributed by atoms with Gasteiger partial charge in [-0.2, -0.15) is 0 Å². The average Bonchev–Trinajstić information content (AvgIpc) is 3.64. The number of hydrogen-bond acceptors (Lipinski definition) is 3. The quantitative estimate of drug-likeness (QED) is 0.171. The number of benzene rings is 9. The third-order valence-corrected chi connectivity index (χ3v) is 11.1. The summed E-state index contributed by atoms with van der Waals surface area (Å²) in [6.07, 6.45) is 0. The Balaban J connectivity index is 0.965. The molecule has 57 heavy (non-hydrogen) atoms. The van der Waals surface area contributed by atoms with Crippen LogP contribution in [0.1, 0.15) is 0 Å². The van der Waals surface area contributed by atoms with E-state index in [-0.39, 0.29) is 0 Å². The Hall–Kier alpha value is -7.69. The average molecular weight is 727 g/mol. The van der Waals surface area contributed by atoms with Gasteiger partial charge in [-0.1, -0.05) is 188 Å². The van der Waals surface area contributed by atoms with Crippen molar-refractivity contribution >= 4 is 43.4 Å². The van der Waals surface area contributed by atoms with Crippen LogP contribution in [0.15, 0.2) is 206 Å². The van der Waals surface area contributed by atoms with Crippen LogP contribution in [-0.2, 0) is 0 Å². The normalized spacial score (nSPS) is 11.5. The zero-order valence-electron chi connectivity index (χ0n) is 30.9. The molecular formula is C53H34N4. The maximum atomic E-state index is 4.94. The van der Waals surface area contributed by atoms with Crippen molar-refractivity contribution in [3.63, 3.8) is 0 Å². The molecule has 0 N–H and O–H groups in total.